The Hall–Kier alpha value is -2.23. The third-order valence-corrected chi connectivity index (χ3v) is 6.64. The molecule has 0 bridgehead atoms. The summed E-state index contributed by atoms with van der Waals surface area (Å²) in [5.41, 5.74) is 1.11. The van der Waals surface area contributed by atoms with Gasteiger partial charge in [0.2, 0.25) is 5.91 Å². The Balaban J connectivity index is 1.75. The molecule has 2 N–H and O–H groups in total. The first-order valence-corrected chi connectivity index (χ1v) is 11.7. The lowest BCUT2D eigenvalue weighted by atomic mass is 10.3. The van der Waals surface area contributed by atoms with Crippen LogP contribution in [-0.2, 0) is 14.8 Å². The van der Waals surface area contributed by atoms with E-state index in [9.17, 15) is 13.2 Å². The zero-order valence-electron chi connectivity index (χ0n) is 15.8. The molecule has 1 atom stereocenters. The predicted octanol–water partition coefficient (Wildman–Crippen LogP) is 4.29. The number of anilines is 1. The van der Waals surface area contributed by atoms with Gasteiger partial charge in [0.25, 0.3) is 15.2 Å². The lowest BCUT2D eigenvalue weighted by Gasteiger charge is -2.09. The number of rotatable bonds is 8. The van der Waals surface area contributed by atoms with Gasteiger partial charge in [-0.25, -0.2) is 13.4 Å². The lowest BCUT2D eigenvalue weighted by molar-refractivity contribution is -0.119. The molecule has 154 valence electrons. The Morgan fingerprint density at radius 1 is 1.28 bits per heavy atom. The van der Waals surface area contributed by atoms with E-state index in [1.807, 2.05) is 13.8 Å². The Kier molecular flexibility index (Phi) is 6.71. The topological polar surface area (TPSA) is 101 Å². The van der Waals surface area contributed by atoms with Crippen LogP contribution in [0.1, 0.15) is 20.3 Å². The molecule has 7 nitrogen and oxygen atoms in total. The van der Waals surface area contributed by atoms with Crippen LogP contribution in [0.5, 0.6) is 0 Å². The minimum Gasteiger partial charge on any atom is -0.431 e. The summed E-state index contributed by atoms with van der Waals surface area (Å²) in [6.45, 7) is 3.92. The van der Waals surface area contributed by atoms with E-state index in [4.69, 9.17) is 16.0 Å². The number of aromatic nitrogens is 1. The maximum absolute atomic E-state index is 12.7. The SMILES string of the molecule is CCC(C)NC(=O)CSc1nc2ccc(S(=O)(=O)Nc3ccccc3Cl)cc2o1. The molecule has 0 saturated carbocycles. The zero-order chi connectivity index (χ0) is 21.0. The molecule has 1 unspecified atom stereocenters. The van der Waals surface area contributed by atoms with E-state index in [1.54, 1.807) is 30.3 Å². The van der Waals surface area contributed by atoms with Crippen LogP contribution in [-0.4, -0.2) is 31.1 Å². The fraction of sp³-hybridized carbons (Fsp3) is 0.263. The summed E-state index contributed by atoms with van der Waals surface area (Å²) >= 11 is 7.18. The van der Waals surface area contributed by atoms with Gasteiger partial charge in [0, 0.05) is 12.1 Å². The molecule has 0 saturated heterocycles. The van der Waals surface area contributed by atoms with Gasteiger partial charge in [-0.05, 0) is 37.6 Å². The summed E-state index contributed by atoms with van der Waals surface area (Å²) in [6, 6.07) is 11.1. The third kappa shape index (κ3) is 5.43. The number of oxazole rings is 1. The number of para-hydroxylation sites is 1. The molecule has 2 aromatic carbocycles. The van der Waals surface area contributed by atoms with Gasteiger partial charge in [-0.2, -0.15) is 0 Å². The van der Waals surface area contributed by atoms with Crippen molar-refractivity contribution in [3.63, 3.8) is 0 Å². The van der Waals surface area contributed by atoms with E-state index in [-0.39, 0.29) is 28.3 Å². The zero-order valence-corrected chi connectivity index (χ0v) is 18.2. The molecule has 1 amide bonds. The molecule has 0 aliphatic carbocycles. The highest BCUT2D eigenvalue weighted by molar-refractivity contribution is 7.99. The number of thioether (sulfide) groups is 1. The van der Waals surface area contributed by atoms with E-state index >= 15 is 0 Å². The minimum atomic E-state index is -3.85. The average Bonchev–Trinajstić information content (AvgIpc) is 3.10. The smallest absolute Gasteiger partial charge is 0.262 e. The van der Waals surface area contributed by atoms with Crippen molar-refractivity contribution in [2.75, 3.05) is 10.5 Å². The first-order chi connectivity index (χ1) is 13.8. The number of amides is 1. The van der Waals surface area contributed by atoms with Gasteiger partial charge >= 0.3 is 0 Å². The van der Waals surface area contributed by atoms with Crippen molar-refractivity contribution >= 4 is 56.1 Å². The molecule has 1 heterocycles. The summed E-state index contributed by atoms with van der Waals surface area (Å²) in [6.07, 6.45) is 0.846. The molecule has 3 rings (SSSR count). The number of nitrogens with zero attached hydrogens (tertiary/aromatic N) is 1. The van der Waals surface area contributed by atoms with Crippen molar-refractivity contribution in [1.82, 2.24) is 10.3 Å². The number of sulfonamides is 1. The molecule has 0 aliphatic rings. The van der Waals surface area contributed by atoms with E-state index in [1.165, 1.54) is 12.1 Å². The van der Waals surface area contributed by atoms with E-state index in [0.29, 0.717) is 21.3 Å². The molecule has 10 heteroatoms. The normalized spacial score (nSPS) is 12.7. The number of carbonyl (C=O) groups excluding carboxylic acids is 1. The summed E-state index contributed by atoms with van der Waals surface area (Å²) in [4.78, 5) is 16.2. The van der Waals surface area contributed by atoms with Crippen molar-refractivity contribution < 1.29 is 17.6 Å². The number of hydrogen-bond acceptors (Lipinski definition) is 6. The van der Waals surface area contributed by atoms with Gasteiger partial charge in [0.05, 0.1) is 21.4 Å². The van der Waals surface area contributed by atoms with Crippen molar-refractivity contribution in [2.45, 2.75) is 36.4 Å². The first-order valence-electron chi connectivity index (χ1n) is 8.88. The van der Waals surface area contributed by atoms with Gasteiger partial charge in [0.15, 0.2) is 5.58 Å². The molecule has 0 spiro atoms. The number of benzene rings is 2. The van der Waals surface area contributed by atoms with Crippen molar-refractivity contribution in [1.29, 1.82) is 0 Å². The summed E-state index contributed by atoms with van der Waals surface area (Å²) < 4.78 is 33.4. The number of halogens is 1. The number of nitrogens with one attached hydrogen (secondary N) is 2. The summed E-state index contributed by atoms with van der Waals surface area (Å²) in [5.74, 6) is 0.0509. The van der Waals surface area contributed by atoms with Gasteiger partial charge in [-0.15, -0.1) is 0 Å². The van der Waals surface area contributed by atoms with E-state index in [2.05, 4.69) is 15.0 Å². The lowest BCUT2D eigenvalue weighted by Crippen LogP contribution is -2.33. The first kappa shape index (κ1) is 21.5. The molecule has 29 heavy (non-hydrogen) atoms. The quantitative estimate of drug-likeness (QED) is 0.493. The number of fused-ring (bicyclic) bond motifs is 1. The van der Waals surface area contributed by atoms with Crippen molar-refractivity contribution in [2.24, 2.45) is 0 Å². The van der Waals surface area contributed by atoms with Crippen LogP contribution in [0.15, 0.2) is 57.0 Å². The van der Waals surface area contributed by atoms with Crippen LogP contribution in [0.25, 0.3) is 11.1 Å². The largest absolute Gasteiger partial charge is 0.431 e. The molecule has 1 aromatic heterocycles. The van der Waals surface area contributed by atoms with Crippen LogP contribution in [0.2, 0.25) is 5.02 Å². The second-order valence-corrected chi connectivity index (χ2v) is 9.38. The van der Waals surface area contributed by atoms with Gasteiger partial charge in [0.1, 0.15) is 5.52 Å². The molecule has 0 fully saturated rings. The maximum Gasteiger partial charge on any atom is 0.262 e. The Morgan fingerprint density at radius 2 is 2.03 bits per heavy atom. The fourth-order valence-corrected chi connectivity index (χ4v) is 4.39. The van der Waals surface area contributed by atoms with Crippen molar-refractivity contribution in [3.8, 4) is 0 Å². The molecular formula is C19H20ClN3O4S2. The second kappa shape index (κ2) is 9.06. The van der Waals surface area contributed by atoms with Gasteiger partial charge in [-0.3, -0.25) is 9.52 Å². The molecule has 0 radical (unpaired) electrons. The summed E-state index contributed by atoms with van der Waals surface area (Å²) in [7, 11) is -3.85. The molecule has 0 aliphatic heterocycles. The molecule has 3 aromatic rings. The second-order valence-electron chi connectivity index (χ2n) is 6.36. The van der Waals surface area contributed by atoms with Crippen molar-refractivity contribution in [3.05, 3.63) is 47.5 Å². The van der Waals surface area contributed by atoms with Crippen LogP contribution in [0.4, 0.5) is 5.69 Å². The van der Waals surface area contributed by atoms with E-state index in [0.717, 1.165) is 18.2 Å². The van der Waals surface area contributed by atoms with E-state index < -0.39 is 10.0 Å². The Bertz CT molecular complexity index is 1130. The minimum absolute atomic E-state index is 0.0205. The average molecular weight is 454 g/mol. The van der Waals surface area contributed by atoms with Crippen LogP contribution in [0, 0.1) is 0 Å². The predicted molar refractivity (Wildman–Crippen MR) is 115 cm³/mol. The molecular weight excluding hydrogens is 434 g/mol. The third-order valence-electron chi connectivity index (χ3n) is 4.12. The van der Waals surface area contributed by atoms with Crippen LogP contribution >= 0.6 is 23.4 Å². The number of carbonyl (C=O) groups is 1. The van der Waals surface area contributed by atoms with Crippen LogP contribution in [0.3, 0.4) is 0 Å². The highest BCUT2D eigenvalue weighted by atomic mass is 35.5. The Labute approximate surface area is 178 Å². The standard InChI is InChI=1S/C19H20ClN3O4S2/c1-3-12(2)21-18(24)11-28-19-22-16-9-8-13(10-17(16)27-19)29(25,26)23-15-7-5-4-6-14(15)20/h4-10,12,23H,3,11H2,1-2H3,(H,21,24). The van der Waals surface area contributed by atoms with Crippen LogP contribution < -0.4 is 10.0 Å². The highest BCUT2D eigenvalue weighted by Gasteiger charge is 2.18. The monoisotopic (exact) mass is 453 g/mol. The van der Waals surface area contributed by atoms with Gasteiger partial charge < -0.3 is 9.73 Å². The fourth-order valence-electron chi connectivity index (χ4n) is 2.41. The highest BCUT2D eigenvalue weighted by Crippen LogP contribution is 2.28. The van der Waals surface area contributed by atoms with Gasteiger partial charge in [-0.1, -0.05) is 42.4 Å². The summed E-state index contributed by atoms with van der Waals surface area (Å²) in [5, 5.41) is 3.46. The maximum atomic E-state index is 12.7. The Morgan fingerprint density at radius 3 is 2.76 bits per heavy atom. The number of hydrogen-bond donors (Lipinski definition) is 2.